The molecule has 4 aromatic rings. The Hall–Kier alpha value is -3.21. The number of aromatic nitrogens is 2. The second kappa shape index (κ2) is 9.11. The van der Waals surface area contributed by atoms with Gasteiger partial charge in [-0.2, -0.15) is 0 Å². The van der Waals surface area contributed by atoms with Crippen LogP contribution in [0.2, 0.25) is 0 Å². The first kappa shape index (κ1) is 20.7. The zero-order valence-electron chi connectivity index (χ0n) is 18.2. The Kier molecular flexibility index (Phi) is 5.89. The fraction of sp³-hybridized carbons (Fsp3) is 0.250. The quantitative estimate of drug-likeness (QED) is 0.473. The van der Waals surface area contributed by atoms with Crippen LogP contribution in [0.3, 0.4) is 0 Å². The molecule has 1 fully saturated rings. The van der Waals surface area contributed by atoms with Crippen molar-refractivity contribution in [3.63, 3.8) is 0 Å². The largest absolute Gasteiger partial charge is 0.380 e. The number of pyridine rings is 1. The molecule has 4 nitrogen and oxygen atoms in total. The summed E-state index contributed by atoms with van der Waals surface area (Å²) in [6.07, 6.45) is 7.71. The van der Waals surface area contributed by atoms with Gasteiger partial charge in [0.15, 0.2) is 0 Å². The van der Waals surface area contributed by atoms with Gasteiger partial charge in [0.2, 0.25) is 0 Å². The minimum Gasteiger partial charge on any atom is -0.380 e. The van der Waals surface area contributed by atoms with Crippen molar-refractivity contribution in [2.45, 2.75) is 25.0 Å². The molecule has 1 aliphatic heterocycles. The van der Waals surface area contributed by atoms with Crippen LogP contribution >= 0.6 is 0 Å². The van der Waals surface area contributed by atoms with Crippen LogP contribution in [0.1, 0.15) is 29.7 Å². The van der Waals surface area contributed by atoms with Gasteiger partial charge in [-0.15, -0.1) is 0 Å². The zero-order valence-corrected chi connectivity index (χ0v) is 18.2. The zero-order chi connectivity index (χ0) is 21.8. The van der Waals surface area contributed by atoms with Crippen molar-refractivity contribution in [2.24, 2.45) is 5.92 Å². The summed E-state index contributed by atoms with van der Waals surface area (Å²) in [6.45, 7) is 2.82. The van der Waals surface area contributed by atoms with Gasteiger partial charge in [0, 0.05) is 24.6 Å². The highest BCUT2D eigenvalue weighted by Gasteiger charge is 2.41. The molecule has 1 aliphatic rings. The summed E-state index contributed by atoms with van der Waals surface area (Å²) < 4.78 is 2.21. The number of rotatable bonds is 6. The second-order valence-corrected chi connectivity index (χ2v) is 8.63. The number of hydrogen-bond acceptors (Lipinski definition) is 3. The smallest absolute Gasteiger partial charge is 0.117 e. The Morgan fingerprint density at radius 1 is 0.812 bits per heavy atom. The first-order chi connectivity index (χ1) is 15.7. The maximum Gasteiger partial charge on any atom is 0.117 e. The van der Waals surface area contributed by atoms with E-state index in [4.69, 9.17) is 0 Å². The average Bonchev–Trinajstić information content (AvgIpc) is 3.34. The molecule has 0 bridgehead atoms. The van der Waals surface area contributed by atoms with Gasteiger partial charge in [0.25, 0.3) is 0 Å². The normalized spacial score (nSPS) is 15.7. The van der Waals surface area contributed by atoms with Crippen LogP contribution in [0.4, 0.5) is 0 Å². The monoisotopic (exact) mass is 423 g/mol. The van der Waals surface area contributed by atoms with E-state index in [-0.39, 0.29) is 5.92 Å². The fourth-order valence-electron chi connectivity index (χ4n) is 5.05. The molecule has 162 valence electrons. The van der Waals surface area contributed by atoms with Gasteiger partial charge < -0.3 is 9.67 Å². The van der Waals surface area contributed by atoms with Crippen LogP contribution in [0, 0.1) is 5.92 Å². The minimum atomic E-state index is -0.968. The molecule has 0 spiro atoms. The van der Waals surface area contributed by atoms with Crippen LogP contribution in [0.15, 0.2) is 104 Å². The number of nitrogens with zero attached hydrogens (tertiary/aromatic N) is 3. The average molecular weight is 424 g/mol. The van der Waals surface area contributed by atoms with Gasteiger partial charge >= 0.3 is 0 Å². The molecular weight excluding hydrogens is 394 g/mol. The molecule has 2 aromatic heterocycles. The summed E-state index contributed by atoms with van der Waals surface area (Å²) in [4.78, 5) is 6.76. The Morgan fingerprint density at radius 2 is 1.47 bits per heavy atom. The van der Waals surface area contributed by atoms with Gasteiger partial charge in [-0.25, -0.2) is 0 Å². The van der Waals surface area contributed by atoms with Crippen LogP contribution in [-0.4, -0.2) is 32.6 Å². The number of piperidine rings is 1. The first-order valence-electron chi connectivity index (χ1n) is 11.4. The Balaban J connectivity index is 1.33. The predicted molar refractivity (Wildman–Crippen MR) is 127 cm³/mol. The maximum absolute atomic E-state index is 12.1. The molecule has 0 radical (unpaired) electrons. The van der Waals surface area contributed by atoms with Crippen molar-refractivity contribution >= 4 is 0 Å². The summed E-state index contributed by atoms with van der Waals surface area (Å²) in [5.41, 5.74) is 3.35. The molecule has 0 amide bonds. The lowest BCUT2D eigenvalue weighted by atomic mass is 9.72. The molecule has 0 atom stereocenters. The van der Waals surface area contributed by atoms with Crippen molar-refractivity contribution in [1.82, 2.24) is 14.5 Å². The molecule has 4 heteroatoms. The molecule has 3 heterocycles. The molecule has 2 aromatic carbocycles. The maximum atomic E-state index is 12.1. The Bertz CT molecular complexity index is 1080. The number of likely N-dealkylation sites (tertiary alicyclic amines) is 1. The third-order valence-electron chi connectivity index (χ3n) is 6.75. The van der Waals surface area contributed by atoms with E-state index in [0.29, 0.717) is 0 Å². The van der Waals surface area contributed by atoms with Crippen molar-refractivity contribution < 1.29 is 5.11 Å². The topological polar surface area (TPSA) is 41.3 Å². The van der Waals surface area contributed by atoms with Gasteiger partial charge in [-0.3, -0.25) is 9.88 Å². The van der Waals surface area contributed by atoms with Crippen molar-refractivity contribution in [3.05, 3.63) is 120 Å². The highest BCUT2D eigenvalue weighted by molar-refractivity contribution is 5.37. The van der Waals surface area contributed by atoms with Gasteiger partial charge in [0.05, 0.1) is 11.9 Å². The van der Waals surface area contributed by atoms with Gasteiger partial charge in [-0.1, -0.05) is 60.7 Å². The van der Waals surface area contributed by atoms with Crippen LogP contribution < -0.4 is 0 Å². The Labute approximate surface area is 189 Å². The van der Waals surface area contributed by atoms with Crippen LogP contribution in [0.5, 0.6) is 0 Å². The van der Waals surface area contributed by atoms with E-state index in [0.717, 1.165) is 49.3 Å². The molecule has 0 saturated carbocycles. The molecule has 5 rings (SSSR count). The standard InChI is InChI=1S/C28H29N3O/c32-28(23-9-3-1-4-10-23,24-11-5-2-6-12-24)25-15-19-30(20-16-25)22-27-14-8-18-31(27)26-13-7-17-29-21-26/h1-14,17-18,21,25,32H,15-16,19-20,22H2. The van der Waals surface area contributed by atoms with Gasteiger partial charge in [-0.05, 0) is 67.2 Å². The lowest BCUT2D eigenvalue weighted by Gasteiger charge is -2.42. The minimum absolute atomic E-state index is 0.175. The number of aliphatic hydroxyl groups is 1. The SMILES string of the molecule is OC(c1ccccc1)(c1ccccc1)C1CCN(Cc2cccn2-c2cccnc2)CC1. The van der Waals surface area contributed by atoms with Crippen molar-refractivity contribution in [1.29, 1.82) is 0 Å². The highest BCUT2D eigenvalue weighted by Crippen LogP contribution is 2.42. The number of benzene rings is 2. The highest BCUT2D eigenvalue weighted by atomic mass is 16.3. The summed E-state index contributed by atoms with van der Waals surface area (Å²) in [5.74, 6) is 0.175. The molecule has 1 saturated heterocycles. The van der Waals surface area contributed by atoms with Crippen LogP contribution in [-0.2, 0) is 12.1 Å². The fourth-order valence-corrected chi connectivity index (χ4v) is 5.05. The molecule has 0 unspecified atom stereocenters. The summed E-state index contributed by atoms with van der Waals surface area (Å²) in [7, 11) is 0. The summed E-state index contributed by atoms with van der Waals surface area (Å²) >= 11 is 0. The van der Waals surface area contributed by atoms with Crippen LogP contribution in [0.25, 0.3) is 5.69 Å². The van der Waals surface area contributed by atoms with E-state index in [9.17, 15) is 5.11 Å². The first-order valence-corrected chi connectivity index (χ1v) is 11.4. The van der Waals surface area contributed by atoms with E-state index in [2.05, 4.69) is 63.1 Å². The van der Waals surface area contributed by atoms with Gasteiger partial charge in [0.1, 0.15) is 5.60 Å². The lowest BCUT2D eigenvalue weighted by Crippen LogP contribution is -2.44. The lowest BCUT2D eigenvalue weighted by molar-refractivity contribution is -0.0154. The third kappa shape index (κ3) is 3.99. The number of hydrogen-bond donors (Lipinski definition) is 1. The molecule has 32 heavy (non-hydrogen) atoms. The van der Waals surface area contributed by atoms with E-state index >= 15 is 0 Å². The van der Waals surface area contributed by atoms with E-state index in [1.54, 1.807) is 6.20 Å². The van der Waals surface area contributed by atoms with E-state index < -0.39 is 5.60 Å². The molecule has 0 aliphatic carbocycles. The van der Waals surface area contributed by atoms with Crippen molar-refractivity contribution in [2.75, 3.05) is 13.1 Å². The second-order valence-electron chi connectivity index (χ2n) is 8.63. The van der Waals surface area contributed by atoms with E-state index in [1.165, 1.54) is 5.69 Å². The summed E-state index contributed by atoms with van der Waals surface area (Å²) in [6, 6.07) is 28.7. The summed E-state index contributed by atoms with van der Waals surface area (Å²) in [5, 5.41) is 12.1. The third-order valence-corrected chi connectivity index (χ3v) is 6.75. The van der Waals surface area contributed by atoms with E-state index in [1.807, 2.05) is 48.7 Å². The predicted octanol–water partition coefficient (Wildman–Crippen LogP) is 5.02. The molecular formula is C28H29N3O. The molecule has 1 N–H and O–H groups in total. The van der Waals surface area contributed by atoms with Crippen molar-refractivity contribution in [3.8, 4) is 5.69 Å². The Morgan fingerprint density at radius 3 is 2.06 bits per heavy atom.